The maximum Gasteiger partial charge on any atom is 0.234 e. The van der Waals surface area contributed by atoms with Gasteiger partial charge in [0.1, 0.15) is 0 Å². The summed E-state index contributed by atoms with van der Waals surface area (Å²) in [6.07, 6.45) is 0. The van der Waals surface area contributed by atoms with Crippen molar-refractivity contribution in [1.29, 1.82) is 0 Å². The minimum atomic E-state index is -0.204. The Morgan fingerprint density at radius 3 is 2.23 bits per heavy atom. The standard InChI is InChI=1S/C16H13Cl2NO2S/c17-12-6-13(18)8-14(7-12)19-16(21)10-22-9-15(20)11-4-2-1-3-5-11/h1-8H,9-10H2,(H,19,21). The lowest BCUT2D eigenvalue weighted by atomic mass is 10.2. The summed E-state index contributed by atoms with van der Waals surface area (Å²) < 4.78 is 0. The van der Waals surface area contributed by atoms with Crippen molar-refractivity contribution in [2.24, 2.45) is 0 Å². The van der Waals surface area contributed by atoms with Crippen molar-refractivity contribution in [3.05, 3.63) is 64.1 Å². The zero-order chi connectivity index (χ0) is 15.9. The number of halogens is 2. The van der Waals surface area contributed by atoms with Crippen LogP contribution in [-0.4, -0.2) is 23.2 Å². The Bertz CT molecular complexity index is 657. The molecule has 2 rings (SSSR count). The van der Waals surface area contributed by atoms with Gasteiger partial charge < -0.3 is 5.32 Å². The van der Waals surface area contributed by atoms with Crippen LogP contribution in [-0.2, 0) is 4.79 Å². The topological polar surface area (TPSA) is 46.2 Å². The minimum Gasteiger partial charge on any atom is -0.325 e. The van der Waals surface area contributed by atoms with E-state index in [9.17, 15) is 9.59 Å². The van der Waals surface area contributed by atoms with E-state index in [-0.39, 0.29) is 23.2 Å². The predicted molar refractivity (Wildman–Crippen MR) is 93.2 cm³/mol. The van der Waals surface area contributed by atoms with E-state index in [1.807, 2.05) is 18.2 Å². The first kappa shape index (κ1) is 16.9. The van der Waals surface area contributed by atoms with Gasteiger partial charge >= 0.3 is 0 Å². The molecule has 1 N–H and O–H groups in total. The third kappa shape index (κ3) is 5.37. The molecule has 0 bridgehead atoms. The lowest BCUT2D eigenvalue weighted by Gasteiger charge is -2.06. The molecule has 114 valence electrons. The molecule has 0 atom stereocenters. The summed E-state index contributed by atoms with van der Waals surface area (Å²) in [6.45, 7) is 0. The van der Waals surface area contributed by atoms with Gasteiger partial charge in [-0.05, 0) is 18.2 Å². The fraction of sp³-hybridized carbons (Fsp3) is 0.125. The number of hydrogen-bond acceptors (Lipinski definition) is 3. The first-order chi connectivity index (χ1) is 10.5. The molecule has 0 heterocycles. The van der Waals surface area contributed by atoms with Gasteiger partial charge in [0.2, 0.25) is 5.91 Å². The van der Waals surface area contributed by atoms with Gasteiger partial charge in [-0.25, -0.2) is 0 Å². The van der Waals surface area contributed by atoms with E-state index in [2.05, 4.69) is 5.32 Å². The molecule has 2 aromatic rings. The maximum absolute atomic E-state index is 11.9. The van der Waals surface area contributed by atoms with Crippen LogP contribution in [0.25, 0.3) is 0 Å². The first-order valence-electron chi connectivity index (χ1n) is 6.46. The molecule has 0 saturated carbocycles. The molecular formula is C16H13Cl2NO2S. The van der Waals surface area contributed by atoms with E-state index in [1.54, 1.807) is 30.3 Å². The third-order valence-electron chi connectivity index (χ3n) is 2.71. The molecule has 0 radical (unpaired) electrons. The van der Waals surface area contributed by atoms with Crippen LogP contribution >= 0.6 is 35.0 Å². The molecule has 0 fully saturated rings. The van der Waals surface area contributed by atoms with Crippen LogP contribution in [0, 0.1) is 0 Å². The predicted octanol–water partition coefficient (Wildman–Crippen LogP) is 4.55. The van der Waals surface area contributed by atoms with E-state index in [0.29, 0.717) is 21.3 Å². The summed E-state index contributed by atoms with van der Waals surface area (Å²) in [4.78, 5) is 23.7. The van der Waals surface area contributed by atoms with Gasteiger partial charge in [-0.15, -0.1) is 11.8 Å². The van der Waals surface area contributed by atoms with Crippen molar-refractivity contribution in [3.63, 3.8) is 0 Å². The number of carbonyl (C=O) groups is 2. The Labute approximate surface area is 143 Å². The Morgan fingerprint density at radius 1 is 0.955 bits per heavy atom. The average Bonchev–Trinajstić information content (AvgIpc) is 2.47. The quantitative estimate of drug-likeness (QED) is 0.775. The van der Waals surface area contributed by atoms with E-state index in [4.69, 9.17) is 23.2 Å². The van der Waals surface area contributed by atoms with Crippen LogP contribution in [0.15, 0.2) is 48.5 Å². The highest BCUT2D eigenvalue weighted by Gasteiger charge is 2.08. The van der Waals surface area contributed by atoms with Crippen LogP contribution in [0.3, 0.4) is 0 Å². The van der Waals surface area contributed by atoms with E-state index in [1.165, 1.54) is 11.8 Å². The highest BCUT2D eigenvalue weighted by Crippen LogP contribution is 2.22. The average molecular weight is 354 g/mol. The Morgan fingerprint density at radius 2 is 1.59 bits per heavy atom. The number of ketones is 1. The van der Waals surface area contributed by atoms with Crippen molar-refractivity contribution in [1.82, 2.24) is 0 Å². The highest BCUT2D eigenvalue weighted by molar-refractivity contribution is 8.00. The monoisotopic (exact) mass is 353 g/mol. The lowest BCUT2D eigenvalue weighted by Crippen LogP contribution is -2.15. The van der Waals surface area contributed by atoms with E-state index in [0.717, 1.165) is 0 Å². The highest BCUT2D eigenvalue weighted by atomic mass is 35.5. The molecule has 6 heteroatoms. The number of thioether (sulfide) groups is 1. The molecule has 3 nitrogen and oxygen atoms in total. The van der Waals surface area contributed by atoms with Gasteiger partial charge in [-0.1, -0.05) is 53.5 Å². The smallest absolute Gasteiger partial charge is 0.234 e. The number of anilines is 1. The van der Waals surface area contributed by atoms with E-state index < -0.39 is 0 Å². The van der Waals surface area contributed by atoms with Gasteiger partial charge in [-0.2, -0.15) is 0 Å². The van der Waals surface area contributed by atoms with E-state index >= 15 is 0 Å². The number of nitrogens with one attached hydrogen (secondary N) is 1. The molecule has 1 amide bonds. The maximum atomic E-state index is 11.9. The lowest BCUT2D eigenvalue weighted by molar-refractivity contribution is -0.113. The van der Waals surface area contributed by atoms with Crippen LogP contribution < -0.4 is 5.32 Å². The second-order valence-corrected chi connectivity index (χ2v) is 6.35. The molecular weight excluding hydrogens is 341 g/mol. The molecule has 0 aromatic heterocycles. The Balaban J connectivity index is 1.79. The number of rotatable bonds is 6. The normalized spacial score (nSPS) is 10.3. The zero-order valence-electron chi connectivity index (χ0n) is 11.5. The number of amides is 1. The molecule has 0 spiro atoms. The number of benzene rings is 2. The van der Waals surface area contributed by atoms with Crippen LogP contribution in [0.1, 0.15) is 10.4 Å². The van der Waals surface area contributed by atoms with Gasteiger partial charge in [-0.3, -0.25) is 9.59 Å². The summed E-state index contributed by atoms with van der Waals surface area (Å²) >= 11 is 13.0. The number of carbonyl (C=O) groups excluding carboxylic acids is 2. The fourth-order valence-electron chi connectivity index (χ4n) is 1.77. The second kappa shape index (κ2) is 8.22. The van der Waals surface area contributed by atoms with Crippen molar-refractivity contribution in [3.8, 4) is 0 Å². The van der Waals surface area contributed by atoms with Gasteiger partial charge in [0.05, 0.1) is 11.5 Å². The third-order valence-corrected chi connectivity index (χ3v) is 4.08. The zero-order valence-corrected chi connectivity index (χ0v) is 13.8. The fourth-order valence-corrected chi connectivity index (χ4v) is 3.00. The van der Waals surface area contributed by atoms with Crippen LogP contribution in [0.5, 0.6) is 0 Å². The second-order valence-electron chi connectivity index (χ2n) is 4.49. The van der Waals surface area contributed by atoms with Crippen molar-refractivity contribution >= 4 is 52.3 Å². The van der Waals surface area contributed by atoms with Crippen LogP contribution in [0.4, 0.5) is 5.69 Å². The summed E-state index contributed by atoms with van der Waals surface area (Å²) in [7, 11) is 0. The first-order valence-corrected chi connectivity index (χ1v) is 8.37. The Kier molecular flexibility index (Phi) is 6.31. The molecule has 0 saturated heterocycles. The summed E-state index contributed by atoms with van der Waals surface area (Å²) in [5, 5.41) is 3.60. The van der Waals surface area contributed by atoms with Crippen molar-refractivity contribution < 1.29 is 9.59 Å². The van der Waals surface area contributed by atoms with Crippen LogP contribution in [0.2, 0.25) is 10.0 Å². The molecule has 0 aliphatic carbocycles. The Hall–Kier alpha value is -1.49. The minimum absolute atomic E-state index is 0.00389. The molecule has 2 aromatic carbocycles. The number of hydrogen-bond donors (Lipinski definition) is 1. The van der Waals surface area contributed by atoms with Gasteiger partial charge in [0, 0.05) is 21.3 Å². The molecule has 22 heavy (non-hydrogen) atoms. The van der Waals surface area contributed by atoms with Crippen molar-refractivity contribution in [2.45, 2.75) is 0 Å². The summed E-state index contributed by atoms with van der Waals surface area (Å²) in [5.41, 5.74) is 1.19. The molecule has 0 unspecified atom stereocenters. The summed E-state index contributed by atoms with van der Waals surface area (Å²) in [5.74, 6) is 0.240. The van der Waals surface area contributed by atoms with Crippen molar-refractivity contribution in [2.75, 3.05) is 16.8 Å². The number of Topliss-reactive ketones (excluding diaryl/α,β-unsaturated/α-hetero) is 1. The molecule has 0 aliphatic heterocycles. The summed E-state index contributed by atoms with van der Waals surface area (Å²) in [6, 6.07) is 13.8. The van der Waals surface area contributed by atoms with Gasteiger partial charge in [0.15, 0.2) is 5.78 Å². The SMILES string of the molecule is O=C(CSCC(=O)c1ccccc1)Nc1cc(Cl)cc(Cl)c1. The van der Waals surface area contributed by atoms with Gasteiger partial charge in [0.25, 0.3) is 0 Å². The molecule has 0 aliphatic rings. The largest absolute Gasteiger partial charge is 0.325 e.